The topological polar surface area (TPSA) is 46.9 Å². The second-order valence-corrected chi connectivity index (χ2v) is 6.37. The lowest BCUT2D eigenvalue weighted by molar-refractivity contribution is -0.117. The maximum absolute atomic E-state index is 11.8. The average Bonchev–Trinajstić information content (AvgIpc) is 2.97. The first-order valence-electron chi connectivity index (χ1n) is 8.63. The summed E-state index contributed by atoms with van der Waals surface area (Å²) >= 11 is 0. The molecule has 1 N–H and O–H groups in total. The van der Waals surface area contributed by atoms with Crippen molar-refractivity contribution in [3.63, 3.8) is 0 Å². The fraction of sp³-hybridized carbons (Fsp3) is 0.182. The number of rotatable bonds is 6. The summed E-state index contributed by atoms with van der Waals surface area (Å²) in [6.07, 6.45) is 0.781. The first-order chi connectivity index (χ1) is 12.6. The van der Waals surface area contributed by atoms with E-state index in [1.165, 1.54) is 5.56 Å². The molecule has 1 heterocycles. The van der Waals surface area contributed by atoms with Crippen LogP contribution in [0.4, 0.5) is 0 Å². The van der Waals surface area contributed by atoms with Gasteiger partial charge in [0.2, 0.25) is 5.91 Å². The van der Waals surface area contributed by atoms with E-state index in [-0.39, 0.29) is 5.91 Å². The largest absolute Gasteiger partial charge is 0.345 e. The SMILES string of the molecule is C=C(C)C(=O)NCc1nc(-c2ccccc2)c(Cc2ccccc2)n1C. The Hall–Kier alpha value is -3.14. The van der Waals surface area contributed by atoms with E-state index in [0.29, 0.717) is 12.1 Å². The van der Waals surface area contributed by atoms with E-state index in [1.54, 1.807) is 6.92 Å². The molecule has 2 aromatic carbocycles. The Morgan fingerprint density at radius 1 is 1.08 bits per heavy atom. The summed E-state index contributed by atoms with van der Waals surface area (Å²) in [4.78, 5) is 16.7. The number of benzene rings is 2. The molecular weight excluding hydrogens is 322 g/mol. The van der Waals surface area contributed by atoms with Gasteiger partial charge in [-0.1, -0.05) is 67.2 Å². The maximum Gasteiger partial charge on any atom is 0.246 e. The lowest BCUT2D eigenvalue weighted by Gasteiger charge is -2.09. The third-order valence-electron chi connectivity index (χ3n) is 4.36. The summed E-state index contributed by atoms with van der Waals surface area (Å²) in [5, 5.41) is 2.87. The molecule has 0 atom stereocenters. The van der Waals surface area contributed by atoms with Crippen molar-refractivity contribution < 1.29 is 4.79 Å². The van der Waals surface area contributed by atoms with Crippen LogP contribution in [0.1, 0.15) is 24.0 Å². The van der Waals surface area contributed by atoms with Crippen LogP contribution in [0, 0.1) is 0 Å². The number of carbonyl (C=O) groups is 1. The molecule has 4 nitrogen and oxygen atoms in total. The van der Waals surface area contributed by atoms with Gasteiger partial charge in [-0.15, -0.1) is 0 Å². The Labute approximate surface area is 154 Å². The lowest BCUT2D eigenvalue weighted by Crippen LogP contribution is -2.24. The van der Waals surface area contributed by atoms with E-state index in [4.69, 9.17) is 4.98 Å². The number of hydrogen-bond acceptors (Lipinski definition) is 2. The first-order valence-corrected chi connectivity index (χ1v) is 8.63. The zero-order valence-corrected chi connectivity index (χ0v) is 15.2. The molecule has 0 radical (unpaired) electrons. The van der Waals surface area contributed by atoms with Crippen LogP contribution in [0.5, 0.6) is 0 Å². The van der Waals surface area contributed by atoms with Crippen LogP contribution in [0.3, 0.4) is 0 Å². The number of carbonyl (C=O) groups excluding carboxylic acids is 1. The van der Waals surface area contributed by atoms with Crippen molar-refractivity contribution in [1.29, 1.82) is 0 Å². The van der Waals surface area contributed by atoms with Crippen molar-refractivity contribution in [3.8, 4) is 11.3 Å². The molecule has 26 heavy (non-hydrogen) atoms. The summed E-state index contributed by atoms with van der Waals surface area (Å²) in [6.45, 7) is 5.75. The molecular formula is C22H23N3O. The predicted octanol–water partition coefficient (Wildman–Crippen LogP) is 3.87. The molecule has 0 spiro atoms. The Bertz CT molecular complexity index is 911. The first kappa shape index (κ1) is 17.7. The molecule has 0 fully saturated rings. The van der Waals surface area contributed by atoms with E-state index in [1.807, 2.05) is 43.4 Å². The molecule has 0 saturated carbocycles. The highest BCUT2D eigenvalue weighted by atomic mass is 16.1. The standard InChI is InChI=1S/C22H23N3O/c1-16(2)22(26)23-15-20-24-21(18-12-8-5-9-13-18)19(25(20)3)14-17-10-6-4-7-11-17/h4-13H,1,14-15H2,2-3H3,(H,23,26). The number of imidazole rings is 1. The molecule has 0 unspecified atom stereocenters. The van der Waals surface area contributed by atoms with Gasteiger partial charge in [0.1, 0.15) is 5.82 Å². The zero-order valence-electron chi connectivity index (χ0n) is 15.2. The Kier molecular flexibility index (Phi) is 5.32. The van der Waals surface area contributed by atoms with Crippen molar-refractivity contribution in [3.05, 3.63) is 89.9 Å². The van der Waals surface area contributed by atoms with Gasteiger partial charge in [0.15, 0.2) is 0 Å². The lowest BCUT2D eigenvalue weighted by atomic mass is 10.0. The predicted molar refractivity (Wildman–Crippen MR) is 105 cm³/mol. The van der Waals surface area contributed by atoms with E-state index in [2.05, 4.69) is 40.7 Å². The van der Waals surface area contributed by atoms with E-state index in [0.717, 1.165) is 29.2 Å². The monoisotopic (exact) mass is 345 g/mol. The Morgan fingerprint density at radius 3 is 2.31 bits per heavy atom. The highest BCUT2D eigenvalue weighted by molar-refractivity contribution is 5.91. The fourth-order valence-corrected chi connectivity index (χ4v) is 2.87. The normalized spacial score (nSPS) is 10.5. The molecule has 0 saturated heterocycles. The summed E-state index contributed by atoms with van der Waals surface area (Å²) in [6, 6.07) is 20.5. The zero-order chi connectivity index (χ0) is 18.5. The number of nitrogens with zero attached hydrogens (tertiary/aromatic N) is 2. The number of aromatic nitrogens is 2. The van der Waals surface area contributed by atoms with E-state index >= 15 is 0 Å². The molecule has 0 aliphatic heterocycles. The van der Waals surface area contributed by atoms with Crippen molar-refractivity contribution in [2.75, 3.05) is 0 Å². The molecule has 0 aliphatic carbocycles. The van der Waals surface area contributed by atoms with Crippen molar-refractivity contribution >= 4 is 5.91 Å². The summed E-state index contributed by atoms with van der Waals surface area (Å²) in [7, 11) is 2.00. The van der Waals surface area contributed by atoms with Crippen LogP contribution in [0.2, 0.25) is 0 Å². The molecule has 132 valence electrons. The van der Waals surface area contributed by atoms with Crippen molar-refractivity contribution in [2.45, 2.75) is 19.9 Å². The summed E-state index contributed by atoms with van der Waals surface area (Å²) in [5.41, 5.74) is 4.88. The third kappa shape index (κ3) is 3.91. The summed E-state index contributed by atoms with van der Waals surface area (Å²) in [5.74, 6) is 0.670. The average molecular weight is 345 g/mol. The van der Waals surface area contributed by atoms with Crippen LogP contribution in [-0.2, 0) is 24.8 Å². The van der Waals surface area contributed by atoms with E-state index in [9.17, 15) is 4.79 Å². The Morgan fingerprint density at radius 2 is 1.69 bits per heavy atom. The van der Waals surface area contributed by atoms with Gasteiger partial charge < -0.3 is 9.88 Å². The minimum atomic E-state index is -0.154. The van der Waals surface area contributed by atoms with Gasteiger partial charge in [-0.2, -0.15) is 0 Å². The minimum Gasteiger partial charge on any atom is -0.345 e. The fourth-order valence-electron chi connectivity index (χ4n) is 2.87. The minimum absolute atomic E-state index is 0.154. The number of amides is 1. The van der Waals surface area contributed by atoms with E-state index < -0.39 is 0 Å². The summed E-state index contributed by atoms with van der Waals surface area (Å²) < 4.78 is 2.08. The molecule has 1 aromatic heterocycles. The molecule has 0 aliphatic rings. The maximum atomic E-state index is 11.8. The second-order valence-electron chi connectivity index (χ2n) is 6.37. The number of nitrogens with one attached hydrogen (secondary N) is 1. The quantitative estimate of drug-likeness (QED) is 0.690. The smallest absolute Gasteiger partial charge is 0.246 e. The van der Waals surface area contributed by atoms with Gasteiger partial charge in [-0.25, -0.2) is 4.98 Å². The Balaban J connectivity index is 1.97. The van der Waals surface area contributed by atoms with Gasteiger partial charge >= 0.3 is 0 Å². The van der Waals surface area contributed by atoms with Gasteiger partial charge in [0.05, 0.1) is 12.2 Å². The van der Waals surface area contributed by atoms with Crippen LogP contribution < -0.4 is 5.32 Å². The molecule has 1 amide bonds. The van der Waals surface area contributed by atoms with Crippen LogP contribution in [0.25, 0.3) is 11.3 Å². The molecule has 3 rings (SSSR count). The van der Waals surface area contributed by atoms with Gasteiger partial charge in [0, 0.05) is 30.3 Å². The van der Waals surface area contributed by atoms with Gasteiger partial charge in [-0.3, -0.25) is 4.79 Å². The molecule has 3 aromatic rings. The van der Waals surface area contributed by atoms with Crippen LogP contribution in [0.15, 0.2) is 72.8 Å². The van der Waals surface area contributed by atoms with Gasteiger partial charge in [0.25, 0.3) is 0 Å². The van der Waals surface area contributed by atoms with Gasteiger partial charge in [-0.05, 0) is 12.5 Å². The second kappa shape index (κ2) is 7.83. The molecule has 4 heteroatoms. The van der Waals surface area contributed by atoms with Crippen LogP contribution >= 0.6 is 0 Å². The van der Waals surface area contributed by atoms with Crippen LogP contribution in [-0.4, -0.2) is 15.5 Å². The molecule has 0 bridgehead atoms. The highest BCUT2D eigenvalue weighted by Crippen LogP contribution is 2.25. The third-order valence-corrected chi connectivity index (χ3v) is 4.36. The number of hydrogen-bond donors (Lipinski definition) is 1. The highest BCUT2D eigenvalue weighted by Gasteiger charge is 2.17. The van der Waals surface area contributed by atoms with Crippen molar-refractivity contribution in [2.24, 2.45) is 7.05 Å². The van der Waals surface area contributed by atoms with Crippen molar-refractivity contribution in [1.82, 2.24) is 14.9 Å².